The second-order valence-electron chi connectivity index (χ2n) is 3.09. The maximum absolute atomic E-state index is 11.2. The maximum atomic E-state index is 11.2. The van der Waals surface area contributed by atoms with Gasteiger partial charge in [0, 0.05) is 9.35 Å². The van der Waals surface area contributed by atoms with Gasteiger partial charge in [-0.1, -0.05) is 0 Å². The molecule has 13 heavy (non-hydrogen) atoms. The van der Waals surface area contributed by atoms with Gasteiger partial charge in [0.05, 0.1) is 7.11 Å². The van der Waals surface area contributed by atoms with Crippen molar-refractivity contribution in [2.24, 2.45) is 0 Å². The van der Waals surface area contributed by atoms with Crippen LogP contribution in [0.2, 0.25) is 0 Å². The molecule has 1 fully saturated rings. The van der Waals surface area contributed by atoms with Crippen molar-refractivity contribution in [3.8, 4) is 0 Å². The van der Waals surface area contributed by atoms with E-state index >= 15 is 0 Å². The first-order valence-corrected chi connectivity index (χ1v) is 5.71. The number of carbonyl (C=O) groups excluding carboxylic acids is 1. The third-order valence-corrected chi connectivity index (χ3v) is 4.22. The molecule has 0 N–H and O–H groups in total. The highest BCUT2D eigenvalue weighted by molar-refractivity contribution is 9.10. The molecule has 1 aliphatic carbocycles. The van der Waals surface area contributed by atoms with Crippen LogP contribution in [0.5, 0.6) is 0 Å². The third kappa shape index (κ3) is 1.79. The topological polar surface area (TPSA) is 26.3 Å². The van der Waals surface area contributed by atoms with E-state index in [-0.39, 0.29) is 5.97 Å². The van der Waals surface area contributed by atoms with E-state index in [1.807, 2.05) is 6.07 Å². The minimum absolute atomic E-state index is 0.247. The molecule has 0 aromatic carbocycles. The van der Waals surface area contributed by atoms with E-state index in [9.17, 15) is 4.79 Å². The molecule has 70 valence electrons. The average Bonchev–Trinajstić information content (AvgIpc) is 2.89. The number of rotatable bonds is 2. The monoisotopic (exact) mass is 260 g/mol. The molecule has 0 unspecified atom stereocenters. The second kappa shape index (κ2) is 3.42. The smallest absolute Gasteiger partial charge is 0.349 e. The van der Waals surface area contributed by atoms with E-state index < -0.39 is 0 Å². The summed E-state index contributed by atoms with van der Waals surface area (Å²) in [6, 6.07) is 2.04. The van der Waals surface area contributed by atoms with Crippen LogP contribution in [-0.4, -0.2) is 13.1 Å². The molecule has 1 aromatic rings. The average molecular weight is 261 g/mol. The van der Waals surface area contributed by atoms with Crippen molar-refractivity contribution in [1.29, 1.82) is 0 Å². The Bertz CT molecular complexity index is 341. The van der Waals surface area contributed by atoms with Crippen LogP contribution in [0.1, 0.15) is 33.3 Å². The first-order chi connectivity index (χ1) is 6.22. The summed E-state index contributed by atoms with van der Waals surface area (Å²) < 4.78 is 5.54. The molecule has 1 heterocycles. The molecular weight excluding hydrogens is 252 g/mol. The van der Waals surface area contributed by atoms with Crippen LogP contribution in [0.4, 0.5) is 0 Å². The van der Waals surface area contributed by atoms with Crippen molar-refractivity contribution < 1.29 is 9.53 Å². The predicted molar refractivity (Wildman–Crippen MR) is 55.3 cm³/mol. The summed E-state index contributed by atoms with van der Waals surface area (Å²) in [5.74, 6) is 0.448. The lowest BCUT2D eigenvalue weighted by Crippen LogP contribution is -1.97. The fourth-order valence-corrected chi connectivity index (χ4v) is 3.13. The van der Waals surface area contributed by atoms with Crippen molar-refractivity contribution in [3.05, 3.63) is 20.3 Å². The summed E-state index contributed by atoms with van der Waals surface area (Å²) in [6.07, 6.45) is 2.52. The summed E-state index contributed by atoms with van der Waals surface area (Å²) in [6.45, 7) is 0. The highest BCUT2D eigenvalue weighted by Crippen LogP contribution is 2.45. The van der Waals surface area contributed by atoms with Crippen LogP contribution in [0.3, 0.4) is 0 Å². The zero-order chi connectivity index (χ0) is 9.42. The molecule has 0 aliphatic heterocycles. The number of hydrogen-bond donors (Lipinski definition) is 0. The van der Waals surface area contributed by atoms with Crippen LogP contribution in [0.25, 0.3) is 0 Å². The highest BCUT2D eigenvalue weighted by atomic mass is 79.9. The molecule has 2 nitrogen and oxygen atoms in total. The maximum Gasteiger partial charge on any atom is 0.349 e. The Morgan fingerprint density at radius 3 is 2.92 bits per heavy atom. The van der Waals surface area contributed by atoms with Gasteiger partial charge in [-0.05, 0) is 40.8 Å². The number of halogens is 1. The summed E-state index contributed by atoms with van der Waals surface area (Å²) >= 11 is 4.91. The van der Waals surface area contributed by atoms with Crippen LogP contribution in [0, 0.1) is 0 Å². The lowest BCUT2D eigenvalue weighted by Gasteiger charge is -1.93. The first-order valence-electron chi connectivity index (χ1n) is 4.10. The van der Waals surface area contributed by atoms with Crippen molar-refractivity contribution in [2.45, 2.75) is 18.8 Å². The number of ether oxygens (including phenoxy) is 1. The molecule has 0 atom stereocenters. The van der Waals surface area contributed by atoms with Gasteiger partial charge in [-0.2, -0.15) is 0 Å². The fourth-order valence-electron chi connectivity index (χ4n) is 1.19. The van der Waals surface area contributed by atoms with E-state index in [0.717, 1.165) is 4.47 Å². The Hall–Kier alpha value is -0.350. The molecule has 0 bridgehead atoms. The molecule has 1 aromatic heterocycles. The van der Waals surface area contributed by atoms with E-state index in [1.54, 1.807) is 11.3 Å². The zero-order valence-corrected chi connectivity index (χ0v) is 9.57. The molecular formula is C9H9BrO2S. The van der Waals surface area contributed by atoms with Crippen LogP contribution >= 0.6 is 27.3 Å². The zero-order valence-electron chi connectivity index (χ0n) is 7.17. The van der Waals surface area contributed by atoms with Gasteiger partial charge < -0.3 is 4.74 Å². The van der Waals surface area contributed by atoms with E-state index in [2.05, 4.69) is 20.7 Å². The van der Waals surface area contributed by atoms with Crippen molar-refractivity contribution in [3.63, 3.8) is 0 Å². The standard InChI is InChI=1S/C9H9BrO2S/c1-12-9(11)8-6(10)4-7(13-8)5-2-3-5/h4-5H,2-3H2,1H3. The van der Waals surface area contributed by atoms with Gasteiger partial charge >= 0.3 is 5.97 Å². The minimum atomic E-state index is -0.247. The number of esters is 1. The van der Waals surface area contributed by atoms with Crippen molar-refractivity contribution in [2.75, 3.05) is 7.11 Å². The summed E-state index contributed by atoms with van der Waals surface area (Å²) in [7, 11) is 1.41. The Morgan fingerprint density at radius 1 is 1.69 bits per heavy atom. The Balaban J connectivity index is 2.29. The van der Waals surface area contributed by atoms with Gasteiger partial charge in [0.2, 0.25) is 0 Å². The van der Waals surface area contributed by atoms with E-state index in [4.69, 9.17) is 0 Å². The lowest BCUT2D eigenvalue weighted by molar-refractivity contribution is 0.0605. The highest BCUT2D eigenvalue weighted by Gasteiger charge is 2.27. The quantitative estimate of drug-likeness (QED) is 0.764. The molecule has 0 amide bonds. The summed E-state index contributed by atoms with van der Waals surface area (Å²) in [5, 5.41) is 0. The van der Waals surface area contributed by atoms with E-state index in [0.29, 0.717) is 10.8 Å². The number of hydrogen-bond acceptors (Lipinski definition) is 3. The molecule has 1 aliphatic rings. The normalized spacial score (nSPS) is 15.8. The first kappa shape index (κ1) is 9.21. The SMILES string of the molecule is COC(=O)c1sc(C2CC2)cc1Br. The largest absolute Gasteiger partial charge is 0.465 e. The Morgan fingerprint density at radius 2 is 2.38 bits per heavy atom. The van der Waals surface area contributed by atoms with Gasteiger partial charge in [0.1, 0.15) is 4.88 Å². The Labute approximate surface area is 89.0 Å². The minimum Gasteiger partial charge on any atom is -0.465 e. The van der Waals surface area contributed by atoms with Gasteiger partial charge in [-0.25, -0.2) is 4.79 Å². The number of thiophene rings is 1. The Kier molecular flexibility index (Phi) is 2.43. The molecule has 0 radical (unpaired) electrons. The molecule has 0 spiro atoms. The van der Waals surface area contributed by atoms with Crippen molar-refractivity contribution in [1.82, 2.24) is 0 Å². The van der Waals surface area contributed by atoms with Gasteiger partial charge in [-0.3, -0.25) is 0 Å². The molecule has 2 rings (SSSR count). The molecule has 1 saturated carbocycles. The predicted octanol–water partition coefficient (Wildman–Crippen LogP) is 3.17. The van der Waals surface area contributed by atoms with Crippen molar-refractivity contribution >= 4 is 33.2 Å². The number of carbonyl (C=O) groups is 1. The van der Waals surface area contributed by atoms with Gasteiger partial charge in [-0.15, -0.1) is 11.3 Å². The lowest BCUT2D eigenvalue weighted by atomic mass is 10.3. The van der Waals surface area contributed by atoms with Gasteiger partial charge in [0.15, 0.2) is 0 Å². The summed E-state index contributed by atoms with van der Waals surface area (Å²) in [5.41, 5.74) is 0. The van der Waals surface area contributed by atoms with Crippen LogP contribution in [0.15, 0.2) is 10.5 Å². The molecule has 0 saturated heterocycles. The van der Waals surface area contributed by atoms with E-state index in [1.165, 1.54) is 24.8 Å². The van der Waals surface area contributed by atoms with Crippen LogP contribution < -0.4 is 0 Å². The second-order valence-corrected chi connectivity index (χ2v) is 5.03. The van der Waals surface area contributed by atoms with Crippen LogP contribution in [-0.2, 0) is 4.74 Å². The summed E-state index contributed by atoms with van der Waals surface area (Å²) in [4.78, 5) is 13.2. The molecule has 4 heteroatoms. The number of methoxy groups -OCH3 is 1. The van der Waals surface area contributed by atoms with Gasteiger partial charge in [0.25, 0.3) is 0 Å². The third-order valence-electron chi connectivity index (χ3n) is 2.06. The fraction of sp³-hybridized carbons (Fsp3) is 0.444.